The van der Waals surface area contributed by atoms with E-state index in [-0.39, 0.29) is 5.75 Å². The summed E-state index contributed by atoms with van der Waals surface area (Å²) < 4.78 is 5.02. The highest BCUT2D eigenvalue weighted by molar-refractivity contribution is 5.41. The molecule has 19 heavy (non-hydrogen) atoms. The Kier molecular flexibility index (Phi) is 4.32. The monoisotopic (exact) mass is 265 g/mol. The lowest BCUT2D eigenvalue weighted by molar-refractivity contribution is -0.0454. The van der Waals surface area contributed by atoms with Crippen LogP contribution in [0, 0.1) is 0 Å². The molecular weight excluding hydrogens is 242 g/mol. The summed E-state index contributed by atoms with van der Waals surface area (Å²) in [5, 5.41) is 19.8. The van der Waals surface area contributed by atoms with E-state index in [0.717, 1.165) is 44.3 Å². The van der Waals surface area contributed by atoms with E-state index < -0.39 is 5.60 Å². The van der Waals surface area contributed by atoms with Gasteiger partial charge in [0, 0.05) is 13.1 Å². The summed E-state index contributed by atoms with van der Waals surface area (Å²) in [4.78, 5) is 2.16. The highest BCUT2D eigenvalue weighted by Crippen LogP contribution is 2.34. The van der Waals surface area contributed by atoms with Crippen LogP contribution in [0.1, 0.15) is 31.2 Å². The van der Waals surface area contributed by atoms with E-state index in [9.17, 15) is 10.2 Å². The Hall–Kier alpha value is -1.26. The molecule has 4 heteroatoms. The first-order valence-electron chi connectivity index (χ1n) is 6.79. The van der Waals surface area contributed by atoms with Crippen molar-refractivity contribution in [1.82, 2.24) is 4.90 Å². The molecule has 0 amide bonds. The van der Waals surface area contributed by atoms with Gasteiger partial charge < -0.3 is 19.8 Å². The van der Waals surface area contributed by atoms with Gasteiger partial charge in [-0.3, -0.25) is 0 Å². The van der Waals surface area contributed by atoms with E-state index in [2.05, 4.69) is 4.90 Å². The maximum absolute atomic E-state index is 10.1. The van der Waals surface area contributed by atoms with Crippen LogP contribution >= 0.6 is 0 Å². The summed E-state index contributed by atoms with van der Waals surface area (Å²) in [5.74, 6) is 0.668. The van der Waals surface area contributed by atoms with E-state index in [4.69, 9.17) is 4.74 Å². The Bertz CT molecular complexity index is 429. The van der Waals surface area contributed by atoms with Crippen LogP contribution < -0.4 is 4.74 Å². The van der Waals surface area contributed by atoms with Crippen molar-refractivity contribution in [2.45, 2.75) is 37.8 Å². The zero-order chi connectivity index (χ0) is 13.9. The Morgan fingerprint density at radius 1 is 1.37 bits per heavy atom. The van der Waals surface area contributed by atoms with Gasteiger partial charge in [0.05, 0.1) is 12.7 Å². The van der Waals surface area contributed by atoms with Gasteiger partial charge in [0.15, 0.2) is 11.5 Å². The molecule has 0 saturated heterocycles. The molecule has 0 bridgehead atoms. The standard InChI is InChI=1S/C15H23NO3/c1-16(9-8-15(18)6-3-7-15)11-12-4-5-14(19-2)13(17)10-12/h4-5,10,17-18H,3,6-9,11H2,1-2H3. The van der Waals surface area contributed by atoms with Gasteiger partial charge >= 0.3 is 0 Å². The van der Waals surface area contributed by atoms with Gasteiger partial charge in [-0.25, -0.2) is 0 Å². The van der Waals surface area contributed by atoms with Crippen LogP contribution in [0.15, 0.2) is 18.2 Å². The van der Waals surface area contributed by atoms with Crippen LogP contribution in [0.3, 0.4) is 0 Å². The fourth-order valence-electron chi connectivity index (χ4n) is 2.46. The van der Waals surface area contributed by atoms with Crippen LogP contribution in [-0.4, -0.2) is 41.4 Å². The van der Waals surface area contributed by atoms with Gasteiger partial charge in [-0.1, -0.05) is 6.07 Å². The van der Waals surface area contributed by atoms with Crippen LogP contribution in [0.2, 0.25) is 0 Å². The van der Waals surface area contributed by atoms with Crippen molar-refractivity contribution < 1.29 is 14.9 Å². The van der Waals surface area contributed by atoms with E-state index in [1.807, 2.05) is 13.1 Å². The van der Waals surface area contributed by atoms with Crippen LogP contribution in [-0.2, 0) is 6.54 Å². The van der Waals surface area contributed by atoms with Gasteiger partial charge in [-0.15, -0.1) is 0 Å². The lowest BCUT2D eigenvalue weighted by Crippen LogP contribution is -2.39. The lowest BCUT2D eigenvalue weighted by Gasteiger charge is -2.37. The Morgan fingerprint density at radius 2 is 2.11 bits per heavy atom. The summed E-state index contributed by atoms with van der Waals surface area (Å²) in [6.45, 7) is 1.62. The Labute approximate surface area is 114 Å². The number of aromatic hydroxyl groups is 1. The first kappa shape index (κ1) is 14.2. The number of phenolic OH excluding ortho intramolecular Hbond substituents is 1. The molecular formula is C15H23NO3. The van der Waals surface area contributed by atoms with E-state index in [1.165, 1.54) is 0 Å². The number of hydrogen-bond acceptors (Lipinski definition) is 4. The number of rotatable bonds is 6. The molecule has 0 heterocycles. The van der Waals surface area contributed by atoms with Gasteiger partial charge in [0.25, 0.3) is 0 Å². The predicted octanol–water partition coefficient (Wildman–Crippen LogP) is 2.14. The van der Waals surface area contributed by atoms with Crippen molar-refractivity contribution in [2.24, 2.45) is 0 Å². The van der Waals surface area contributed by atoms with Crippen molar-refractivity contribution in [3.05, 3.63) is 23.8 Å². The predicted molar refractivity (Wildman–Crippen MR) is 74.4 cm³/mol. The molecule has 0 aromatic heterocycles. The van der Waals surface area contributed by atoms with Gasteiger partial charge in [0.1, 0.15) is 0 Å². The minimum absolute atomic E-state index is 0.172. The number of methoxy groups -OCH3 is 1. The summed E-state index contributed by atoms with van der Waals surface area (Å²) in [6.07, 6.45) is 3.84. The molecule has 0 radical (unpaired) electrons. The average molecular weight is 265 g/mol. The van der Waals surface area contributed by atoms with Crippen molar-refractivity contribution in [2.75, 3.05) is 20.7 Å². The van der Waals surface area contributed by atoms with Crippen LogP contribution in [0.5, 0.6) is 11.5 Å². The first-order chi connectivity index (χ1) is 9.02. The second kappa shape index (κ2) is 5.80. The smallest absolute Gasteiger partial charge is 0.160 e. The molecule has 0 unspecified atom stereocenters. The lowest BCUT2D eigenvalue weighted by atomic mass is 9.78. The normalized spacial score (nSPS) is 17.3. The summed E-state index contributed by atoms with van der Waals surface area (Å²) in [5.41, 5.74) is 0.623. The van der Waals surface area contributed by atoms with Crippen molar-refractivity contribution >= 4 is 0 Å². The maximum atomic E-state index is 10.1. The molecule has 0 atom stereocenters. The third kappa shape index (κ3) is 3.61. The highest BCUT2D eigenvalue weighted by atomic mass is 16.5. The number of phenols is 1. The average Bonchev–Trinajstić information content (AvgIpc) is 2.34. The minimum atomic E-state index is -0.420. The van der Waals surface area contributed by atoms with Crippen molar-refractivity contribution in [1.29, 1.82) is 0 Å². The zero-order valence-corrected chi connectivity index (χ0v) is 11.7. The third-order valence-electron chi connectivity index (χ3n) is 3.94. The minimum Gasteiger partial charge on any atom is -0.504 e. The molecule has 1 aromatic rings. The summed E-state index contributed by atoms with van der Waals surface area (Å²) in [6, 6.07) is 5.46. The molecule has 1 saturated carbocycles. The van der Waals surface area contributed by atoms with E-state index in [1.54, 1.807) is 19.2 Å². The molecule has 4 nitrogen and oxygen atoms in total. The molecule has 1 fully saturated rings. The number of nitrogens with zero attached hydrogens (tertiary/aromatic N) is 1. The van der Waals surface area contributed by atoms with Crippen LogP contribution in [0.4, 0.5) is 0 Å². The molecule has 0 spiro atoms. The maximum Gasteiger partial charge on any atom is 0.160 e. The molecule has 2 N–H and O–H groups in total. The fourth-order valence-corrected chi connectivity index (χ4v) is 2.46. The second-order valence-corrected chi connectivity index (χ2v) is 5.57. The summed E-state index contributed by atoms with van der Waals surface area (Å²) in [7, 11) is 3.57. The largest absolute Gasteiger partial charge is 0.504 e. The first-order valence-corrected chi connectivity index (χ1v) is 6.79. The number of aliphatic hydroxyl groups is 1. The number of benzene rings is 1. The molecule has 1 aliphatic carbocycles. The van der Waals surface area contributed by atoms with E-state index in [0.29, 0.717) is 5.75 Å². The van der Waals surface area contributed by atoms with Crippen molar-refractivity contribution in [3.63, 3.8) is 0 Å². The van der Waals surface area contributed by atoms with Gasteiger partial charge in [0.2, 0.25) is 0 Å². The summed E-state index contributed by atoms with van der Waals surface area (Å²) >= 11 is 0. The number of ether oxygens (including phenoxy) is 1. The molecule has 2 rings (SSSR count). The second-order valence-electron chi connectivity index (χ2n) is 5.57. The Morgan fingerprint density at radius 3 is 2.63 bits per heavy atom. The van der Waals surface area contributed by atoms with E-state index >= 15 is 0 Å². The zero-order valence-electron chi connectivity index (χ0n) is 11.7. The quantitative estimate of drug-likeness (QED) is 0.827. The Balaban J connectivity index is 1.84. The SMILES string of the molecule is COc1ccc(CN(C)CCC2(O)CCC2)cc1O. The highest BCUT2D eigenvalue weighted by Gasteiger charge is 2.33. The van der Waals surface area contributed by atoms with Gasteiger partial charge in [-0.2, -0.15) is 0 Å². The van der Waals surface area contributed by atoms with Crippen LogP contribution in [0.25, 0.3) is 0 Å². The molecule has 1 aliphatic rings. The van der Waals surface area contributed by atoms with Gasteiger partial charge in [-0.05, 0) is 50.4 Å². The fraction of sp³-hybridized carbons (Fsp3) is 0.600. The topological polar surface area (TPSA) is 52.9 Å². The molecule has 0 aliphatic heterocycles. The number of hydrogen-bond donors (Lipinski definition) is 2. The molecule has 1 aromatic carbocycles. The third-order valence-corrected chi connectivity index (χ3v) is 3.94. The molecule has 106 valence electrons. The van der Waals surface area contributed by atoms with Crippen molar-refractivity contribution in [3.8, 4) is 11.5 Å².